The van der Waals surface area contributed by atoms with E-state index in [0.29, 0.717) is 5.82 Å². The van der Waals surface area contributed by atoms with Gasteiger partial charge in [0.1, 0.15) is 5.82 Å². The number of aryl methyl sites for hydroxylation is 2. The maximum Gasteiger partial charge on any atom is 0.124 e. The van der Waals surface area contributed by atoms with Gasteiger partial charge in [0.15, 0.2) is 0 Å². The molecule has 0 aliphatic carbocycles. The number of anilines is 1. The van der Waals surface area contributed by atoms with Gasteiger partial charge in [-0.1, -0.05) is 0 Å². The van der Waals surface area contributed by atoms with Gasteiger partial charge in [-0.15, -0.1) is 0 Å². The topological polar surface area (TPSA) is 56.7 Å². The molecule has 0 unspecified atom stereocenters. The highest BCUT2D eigenvalue weighted by Gasteiger charge is 2.04. The zero-order valence-electron chi connectivity index (χ0n) is 8.23. The number of nitrogens with zero attached hydrogens (tertiary/aromatic N) is 3. The SMILES string of the molecule is Cc1cc(N)nc(-c2ccnn2C)c1. The predicted octanol–water partition coefficient (Wildman–Crippen LogP) is 1.37. The normalized spacial score (nSPS) is 10.4. The average Bonchev–Trinajstić information content (AvgIpc) is 2.49. The van der Waals surface area contributed by atoms with E-state index in [2.05, 4.69) is 10.1 Å². The van der Waals surface area contributed by atoms with Crippen LogP contribution in [0.3, 0.4) is 0 Å². The van der Waals surface area contributed by atoms with Crippen LogP contribution in [0.25, 0.3) is 11.4 Å². The van der Waals surface area contributed by atoms with E-state index < -0.39 is 0 Å². The minimum atomic E-state index is 0.543. The van der Waals surface area contributed by atoms with Crippen LogP contribution in [-0.4, -0.2) is 14.8 Å². The van der Waals surface area contributed by atoms with Crippen LogP contribution in [0.5, 0.6) is 0 Å². The second kappa shape index (κ2) is 3.14. The quantitative estimate of drug-likeness (QED) is 0.735. The molecule has 0 fully saturated rings. The molecule has 0 aliphatic rings. The van der Waals surface area contributed by atoms with Gasteiger partial charge in [-0.3, -0.25) is 4.68 Å². The van der Waals surface area contributed by atoms with Crippen molar-refractivity contribution in [3.8, 4) is 11.4 Å². The third-order valence-corrected chi connectivity index (χ3v) is 2.07. The smallest absolute Gasteiger partial charge is 0.124 e. The Morgan fingerprint density at radius 1 is 1.36 bits per heavy atom. The van der Waals surface area contributed by atoms with Crippen molar-refractivity contribution in [3.05, 3.63) is 30.0 Å². The molecule has 2 N–H and O–H groups in total. The van der Waals surface area contributed by atoms with E-state index >= 15 is 0 Å². The predicted molar refractivity (Wildman–Crippen MR) is 55.6 cm³/mol. The maximum absolute atomic E-state index is 5.67. The fourth-order valence-electron chi connectivity index (χ4n) is 1.45. The van der Waals surface area contributed by atoms with Crippen LogP contribution in [0.4, 0.5) is 5.82 Å². The number of hydrogen-bond acceptors (Lipinski definition) is 3. The highest BCUT2D eigenvalue weighted by molar-refractivity contribution is 5.57. The minimum absolute atomic E-state index is 0.543. The summed E-state index contributed by atoms with van der Waals surface area (Å²) in [5.41, 5.74) is 8.62. The van der Waals surface area contributed by atoms with Crippen LogP contribution in [-0.2, 0) is 7.05 Å². The molecule has 0 saturated carbocycles. The van der Waals surface area contributed by atoms with Gasteiger partial charge in [-0.25, -0.2) is 4.98 Å². The van der Waals surface area contributed by atoms with Crippen LogP contribution in [0.2, 0.25) is 0 Å². The van der Waals surface area contributed by atoms with Crippen LogP contribution in [0.15, 0.2) is 24.4 Å². The van der Waals surface area contributed by atoms with Gasteiger partial charge in [-0.2, -0.15) is 5.10 Å². The molecular weight excluding hydrogens is 176 g/mol. The molecular formula is C10H12N4. The van der Waals surface area contributed by atoms with E-state index in [9.17, 15) is 0 Å². The van der Waals surface area contributed by atoms with Crippen molar-refractivity contribution >= 4 is 5.82 Å². The van der Waals surface area contributed by atoms with Crippen LogP contribution in [0, 0.1) is 6.92 Å². The Morgan fingerprint density at radius 2 is 2.14 bits per heavy atom. The number of nitrogen functional groups attached to an aromatic ring is 1. The maximum atomic E-state index is 5.67. The van der Waals surface area contributed by atoms with Crippen LogP contribution < -0.4 is 5.73 Å². The van der Waals surface area contributed by atoms with Gasteiger partial charge in [0, 0.05) is 13.2 Å². The average molecular weight is 188 g/mol. The Hall–Kier alpha value is -1.84. The molecule has 4 nitrogen and oxygen atoms in total. The van der Waals surface area contributed by atoms with Crippen LogP contribution >= 0.6 is 0 Å². The van der Waals surface area contributed by atoms with Crippen molar-refractivity contribution in [1.29, 1.82) is 0 Å². The third-order valence-electron chi connectivity index (χ3n) is 2.07. The fourth-order valence-corrected chi connectivity index (χ4v) is 1.45. The standard InChI is InChI=1S/C10H12N4/c1-7-5-8(13-10(11)6-7)9-3-4-12-14(9)2/h3-6H,1-2H3,(H2,11,13). The summed E-state index contributed by atoms with van der Waals surface area (Å²) in [4.78, 5) is 4.25. The molecule has 0 spiro atoms. The van der Waals surface area contributed by atoms with Crippen molar-refractivity contribution in [2.75, 3.05) is 5.73 Å². The monoisotopic (exact) mass is 188 g/mol. The van der Waals surface area contributed by atoms with Crippen molar-refractivity contribution in [3.63, 3.8) is 0 Å². The first kappa shape index (κ1) is 8.74. The van der Waals surface area contributed by atoms with Crippen molar-refractivity contribution in [2.45, 2.75) is 6.92 Å². The number of rotatable bonds is 1. The Kier molecular flexibility index (Phi) is 1.96. The summed E-state index contributed by atoms with van der Waals surface area (Å²) in [5.74, 6) is 0.543. The van der Waals surface area contributed by atoms with Gasteiger partial charge < -0.3 is 5.73 Å². The Balaban J connectivity index is 2.57. The molecule has 2 heterocycles. The molecule has 0 atom stereocenters. The zero-order chi connectivity index (χ0) is 10.1. The molecule has 0 aromatic carbocycles. The largest absolute Gasteiger partial charge is 0.384 e. The second-order valence-corrected chi connectivity index (χ2v) is 3.29. The first-order chi connectivity index (χ1) is 6.66. The third kappa shape index (κ3) is 1.46. The lowest BCUT2D eigenvalue weighted by Gasteiger charge is -2.03. The molecule has 4 heteroatoms. The number of aromatic nitrogens is 3. The summed E-state index contributed by atoms with van der Waals surface area (Å²) < 4.78 is 1.78. The highest BCUT2D eigenvalue weighted by Crippen LogP contribution is 2.18. The number of hydrogen-bond donors (Lipinski definition) is 1. The molecule has 0 amide bonds. The Labute approximate surface area is 82.4 Å². The molecule has 2 aromatic heterocycles. The first-order valence-corrected chi connectivity index (χ1v) is 4.39. The number of nitrogens with two attached hydrogens (primary N) is 1. The molecule has 2 rings (SSSR count). The van der Waals surface area contributed by atoms with Crippen molar-refractivity contribution < 1.29 is 0 Å². The van der Waals surface area contributed by atoms with E-state index in [0.717, 1.165) is 17.0 Å². The number of pyridine rings is 1. The van der Waals surface area contributed by atoms with Crippen molar-refractivity contribution in [1.82, 2.24) is 14.8 Å². The van der Waals surface area contributed by atoms with E-state index in [1.807, 2.05) is 32.2 Å². The lowest BCUT2D eigenvalue weighted by molar-refractivity contribution is 0.773. The summed E-state index contributed by atoms with van der Waals surface area (Å²) in [6.07, 6.45) is 1.75. The van der Waals surface area contributed by atoms with Gasteiger partial charge >= 0.3 is 0 Å². The molecule has 0 aliphatic heterocycles. The second-order valence-electron chi connectivity index (χ2n) is 3.29. The molecule has 0 bridgehead atoms. The van der Waals surface area contributed by atoms with E-state index in [1.54, 1.807) is 10.9 Å². The molecule has 2 aromatic rings. The molecule has 72 valence electrons. The summed E-state index contributed by atoms with van der Waals surface area (Å²) in [7, 11) is 1.88. The minimum Gasteiger partial charge on any atom is -0.384 e. The van der Waals surface area contributed by atoms with Gasteiger partial charge in [-0.05, 0) is 30.7 Å². The summed E-state index contributed by atoms with van der Waals surface area (Å²) in [6, 6.07) is 5.76. The van der Waals surface area contributed by atoms with E-state index in [-0.39, 0.29) is 0 Å². The van der Waals surface area contributed by atoms with Crippen LogP contribution in [0.1, 0.15) is 5.56 Å². The Morgan fingerprint density at radius 3 is 2.71 bits per heavy atom. The summed E-state index contributed by atoms with van der Waals surface area (Å²) in [5, 5.41) is 4.09. The van der Waals surface area contributed by atoms with Crippen molar-refractivity contribution in [2.24, 2.45) is 7.05 Å². The summed E-state index contributed by atoms with van der Waals surface area (Å²) in [6.45, 7) is 2.00. The van der Waals surface area contributed by atoms with E-state index in [4.69, 9.17) is 5.73 Å². The Bertz CT molecular complexity index is 439. The lowest BCUT2D eigenvalue weighted by atomic mass is 10.2. The molecule has 0 saturated heterocycles. The van der Waals surface area contributed by atoms with E-state index in [1.165, 1.54) is 0 Å². The highest BCUT2D eigenvalue weighted by atomic mass is 15.3. The summed E-state index contributed by atoms with van der Waals surface area (Å²) >= 11 is 0. The molecule has 0 radical (unpaired) electrons. The van der Waals surface area contributed by atoms with Gasteiger partial charge in [0.25, 0.3) is 0 Å². The fraction of sp³-hybridized carbons (Fsp3) is 0.200. The van der Waals surface area contributed by atoms with Gasteiger partial charge in [0.05, 0.1) is 11.4 Å². The molecule has 14 heavy (non-hydrogen) atoms. The first-order valence-electron chi connectivity index (χ1n) is 4.39. The lowest BCUT2D eigenvalue weighted by Crippen LogP contribution is -1.98. The zero-order valence-corrected chi connectivity index (χ0v) is 8.23. The van der Waals surface area contributed by atoms with Gasteiger partial charge in [0.2, 0.25) is 0 Å².